The predicted molar refractivity (Wildman–Crippen MR) is 84.1 cm³/mol. The highest BCUT2D eigenvalue weighted by Gasteiger charge is 2.26. The number of hydrogen-bond donors (Lipinski definition) is 3. The number of carbonyl (C=O) groups excluding carboxylic acids is 1. The first-order valence-electron chi connectivity index (χ1n) is 7.91. The zero-order valence-electron chi connectivity index (χ0n) is 12.7. The summed E-state index contributed by atoms with van der Waals surface area (Å²) in [6.07, 6.45) is 5.76. The molecule has 2 rings (SSSR count). The van der Waals surface area contributed by atoms with E-state index in [1.807, 2.05) is 18.2 Å². The monoisotopic (exact) mass is 290 g/mol. The fourth-order valence-electron chi connectivity index (χ4n) is 3.04. The molecule has 4 nitrogen and oxygen atoms in total. The van der Waals surface area contributed by atoms with Crippen molar-refractivity contribution in [2.75, 3.05) is 6.61 Å². The predicted octanol–water partition coefficient (Wildman–Crippen LogP) is 2.47. The van der Waals surface area contributed by atoms with Crippen molar-refractivity contribution in [2.45, 2.75) is 51.1 Å². The molecule has 0 aromatic heterocycles. The third-order valence-corrected chi connectivity index (χ3v) is 4.24. The summed E-state index contributed by atoms with van der Waals surface area (Å²) in [5.74, 6) is 0.556. The average molecular weight is 290 g/mol. The summed E-state index contributed by atoms with van der Waals surface area (Å²) in [6, 6.07) is 10.1. The molecule has 0 heterocycles. The number of hydrogen-bond acceptors (Lipinski definition) is 2. The van der Waals surface area contributed by atoms with Crippen LogP contribution in [0.15, 0.2) is 30.3 Å². The quantitative estimate of drug-likeness (QED) is 0.753. The summed E-state index contributed by atoms with van der Waals surface area (Å²) in [6.45, 7) is 1.75. The highest BCUT2D eigenvalue weighted by Crippen LogP contribution is 2.29. The molecule has 1 aliphatic carbocycles. The van der Waals surface area contributed by atoms with Crippen LogP contribution in [0.4, 0.5) is 4.79 Å². The topological polar surface area (TPSA) is 61.4 Å². The summed E-state index contributed by atoms with van der Waals surface area (Å²) >= 11 is 0. The Kier molecular flexibility index (Phi) is 6.05. The summed E-state index contributed by atoms with van der Waals surface area (Å²) < 4.78 is 0. The molecule has 21 heavy (non-hydrogen) atoms. The maximum absolute atomic E-state index is 12.0. The standard InChI is InChI=1S/C17H26N2O2/c1-13(12-20)18-17(21)19-16(15-9-5-6-10-15)11-14-7-3-2-4-8-14/h2-4,7-8,13,15-16,20H,5-6,9-12H2,1H3,(H2,18,19,21). The van der Waals surface area contributed by atoms with E-state index in [0.29, 0.717) is 5.92 Å². The molecule has 0 aliphatic heterocycles. The lowest BCUT2D eigenvalue weighted by Crippen LogP contribution is -2.49. The Morgan fingerprint density at radius 3 is 2.52 bits per heavy atom. The number of carbonyl (C=O) groups is 1. The summed E-state index contributed by atoms with van der Waals surface area (Å²) in [5, 5.41) is 14.9. The number of aliphatic hydroxyl groups is 1. The maximum atomic E-state index is 12.0. The fraction of sp³-hybridized carbons (Fsp3) is 0.588. The molecule has 1 aliphatic rings. The minimum Gasteiger partial charge on any atom is -0.394 e. The second-order valence-electron chi connectivity index (χ2n) is 6.04. The first-order valence-corrected chi connectivity index (χ1v) is 7.91. The van der Waals surface area contributed by atoms with E-state index in [-0.39, 0.29) is 24.7 Å². The van der Waals surface area contributed by atoms with E-state index in [1.54, 1.807) is 6.92 Å². The van der Waals surface area contributed by atoms with Gasteiger partial charge in [0.05, 0.1) is 12.6 Å². The molecule has 0 bridgehead atoms. The molecule has 0 radical (unpaired) electrons. The Labute approximate surface area is 126 Å². The van der Waals surface area contributed by atoms with Crippen LogP contribution in [-0.4, -0.2) is 29.8 Å². The zero-order valence-corrected chi connectivity index (χ0v) is 12.7. The van der Waals surface area contributed by atoms with Gasteiger partial charge in [-0.05, 0) is 37.7 Å². The van der Waals surface area contributed by atoms with Crippen molar-refractivity contribution in [3.8, 4) is 0 Å². The van der Waals surface area contributed by atoms with Crippen molar-refractivity contribution in [3.05, 3.63) is 35.9 Å². The Balaban J connectivity index is 1.97. The number of amides is 2. The molecule has 2 unspecified atom stereocenters. The SMILES string of the molecule is CC(CO)NC(=O)NC(Cc1ccccc1)C1CCCC1. The third-order valence-electron chi connectivity index (χ3n) is 4.24. The first-order chi connectivity index (χ1) is 10.2. The molecular formula is C17H26N2O2. The van der Waals surface area contributed by atoms with Crippen molar-refractivity contribution in [3.63, 3.8) is 0 Å². The highest BCUT2D eigenvalue weighted by atomic mass is 16.3. The van der Waals surface area contributed by atoms with Crippen LogP contribution in [0.3, 0.4) is 0 Å². The van der Waals surface area contributed by atoms with Crippen molar-refractivity contribution >= 4 is 6.03 Å². The summed E-state index contributed by atoms with van der Waals surface area (Å²) in [5.41, 5.74) is 1.25. The molecule has 2 amide bonds. The van der Waals surface area contributed by atoms with Gasteiger partial charge >= 0.3 is 6.03 Å². The van der Waals surface area contributed by atoms with E-state index in [1.165, 1.54) is 31.2 Å². The number of aliphatic hydroxyl groups excluding tert-OH is 1. The van der Waals surface area contributed by atoms with Gasteiger partial charge in [0.25, 0.3) is 0 Å². The van der Waals surface area contributed by atoms with Crippen LogP contribution in [0.25, 0.3) is 0 Å². The smallest absolute Gasteiger partial charge is 0.315 e. The average Bonchev–Trinajstić information content (AvgIpc) is 3.01. The van der Waals surface area contributed by atoms with E-state index in [2.05, 4.69) is 22.8 Å². The van der Waals surface area contributed by atoms with Gasteiger partial charge in [-0.25, -0.2) is 4.79 Å². The minimum absolute atomic E-state index is 0.0415. The van der Waals surface area contributed by atoms with E-state index in [4.69, 9.17) is 5.11 Å². The molecule has 0 saturated heterocycles. The van der Waals surface area contributed by atoms with Gasteiger partial charge in [-0.15, -0.1) is 0 Å². The number of benzene rings is 1. The van der Waals surface area contributed by atoms with Gasteiger partial charge in [0, 0.05) is 6.04 Å². The number of nitrogens with one attached hydrogen (secondary N) is 2. The molecule has 1 aromatic rings. The van der Waals surface area contributed by atoms with Crippen molar-refractivity contribution in [2.24, 2.45) is 5.92 Å². The largest absolute Gasteiger partial charge is 0.394 e. The van der Waals surface area contributed by atoms with E-state index in [9.17, 15) is 4.79 Å². The lowest BCUT2D eigenvalue weighted by Gasteiger charge is -2.26. The molecular weight excluding hydrogens is 264 g/mol. The van der Waals surface area contributed by atoms with Gasteiger partial charge < -0.3 is 15.7 Å². The second-order valence-corrected chi connectivity index (χ2v) is 6.04. The van der Waals surface area contributed by atoms with Gasteiger partial charge in [-0.1, -0.05) is 43.2 Å². The van der Waals surface area contributed by atoms with Gasteiger partial charge in [-0.2, -0.15) is 0 Å². The zero-order chi connectivity index (χ0) is 15.1. The lowest BCUT2D eigenvalue weighted by atomic mass is 9.92. The maximum Gasteiger partial charge on any atom is 0.315 e. The summed E-state index contributed by atoms with van der Waals surface area (Å²) in [7, 11) is 0. The van der Waals surface area contributed by atoms with Crippen molar-refractivity contribution in [1.29, 1.82) is 0 Å². The third kappa shape index (κ3) is 5.05. The van der Waals surface area contributed by atoms with Gasteiger partial charge in [0.15, 0.2) is 0 Å². The molecule has 2 atom stereocenters. The van der Waals surface area contributed by atoms with Gasteiger partial charge in [0.1, 0.15) is 0 Å². The molecule has 1 fully saturated rings. The molecule has 3 N–H and O–H groups in total. The Morgan fingerprint density at radius 1 is 1.24 bits per heavy atom. The van der Waals surface area contributed by atoms with E-state index in [0.717, 1.165) is 6.42 Å². The molecule has 116 valence electrons. The van der Waals surface area contributed by atoms with E-state index < -0.39 is 0 Å². The Hall–Kier alpha value is -1.55. The van der Waals surface area contributed by atoms with Gasteiger partial charge in [0.2, 0.25) is 0 Å². The van der Waals surface area contributed by atoms with Crippen molar-refractivity contribution < 1.29 is 9.90 Å². The molecule has 0 spiro atoms. The summed E-state index contributed by atoms with van der Waals surface area (Å²) in [4.78, 5) is 12.0. The Bertz CT molecular complexity index is 430. The van der Waals surface area contributed by atoms with Crippen LogP contribution in [-0.2, 0) is 6.42 Å². The van der Waals surface area contributed by atoms with Crippen molar-refractivity contribution in [1.82, 2.24) is 10.6 Å². The van der Waals surface area contributed by atoms with Crippen LogP contribution in [0.2, 0.25) is 0 Å². The molecule has 1 saturated carbocycles. The van der Waals surface area contributed by atoms with Crippen LogP contribution in [0, 0.1) is 5.92 Å². The van der Waals surface area contributed by atoms with Crippen LogP contribution in [0.5, 0.6) is 0 Å². The highest BCUT2D eigenvalue weighted by molar-refractivity contribution is 5.74. The lowest BCUT2D eigenvalue weighted by molar-refractivity contribution is 0.213. The second kappa shape index (κ2) is 8.03. The van der Waals surface area contributed by atoms with Crippen LogP contribution in [0.1, 0.15) is 38.2 Å². The number of urea groups is 1. The fourth-order valence-corrected chi connectivity index (χ4v) is 3.04. The molecule has 4 heteroatoms. The molecule has 1 aromatic carbocycles. The first kappa shape index (κ1) is 15.8. The van der Waals surface area contributed by atoms with Gasteiger partial charge in [-0.3, -0.25) is 0 Å². The minimum atomic E-state index is -0.217. The van der Waals surface area contributed by atoms with Crippen LogP contribution < -0.4 is 10.6 Å². The Morgan fingerprint density at radius 2 is 1.90 bits per heavy atom. The van der Waals surface area contributed by atoms with E-state index >= 15 is 0 Å². The van der Waals surface area contributed by atoms with Crippen LogP contribution >= 0.6 is 0 Å². The normalized spacial score (nSPS) is 18.2. The number of rotatable bonds is 6.